The Morgan fingerprint density at radius 3 is 2.43 bits per heavy atom. The van der Waals surface area contributed by atoms with Crippen molar-refractivity contribution in [1.29, 1.82) is 0 Å². The first-order valence-corrected chi connectivity index (χ1v) is 6.55. The minimum atomic E-state index is -4.45. The van der Waals surface area contributed by atoms with Gasteiger partial charge in [0.15, 0.2) is 0 Å². The fraction of sp³-hybridized carbons (Fsp3) is 0.500. The third-order valence-electron chi connectivity index (χ3n) is 3.37. The van der Waals surface area contributed by atoms with Gasteiger partial charge in [-0.3, -0.25) is 4.79 Å². The number of amides is 1. The summed E-state index contributed by atoms with van der Waals surface area (Å²) in [5.74, 6) is -0.410. The Bertz CT molecular complexity index is 508. The molecule has 2 N–H and O–H groups in total. The number of alkyl halides is 3. The maximum absolute atomic E-state index is 12.6. The van der Waals surface area contributed by atoms with E-state index in [0.29, 0.717) is 0 Å². The van der Waals surface area contributed by atoms with Crippen molar-refractivity contribution in [2.45, 2.75) is 31.2 Å². The Morgan fingerprint density at radius 1 is 1.24 bits per heavy atom. The first kappa shape index (κ1) is 15.8. The number of halogens is 3. The number of piperidine rings is 1. The summed E-state index contributed by atoms with van der Waals surface area (Å²) in [7, 11) is 0. The maximum Gasteiger partial charge on any atom is 0.416 e. The van der Waals surface area contributed by atoms with Crippen molar-refractivity contribution < 1.29 is 28.2 Å². The van der Waals surface area contributed by atoms with Crippen molar-refractivity contribution in [3.8, 4) is 0 Å². The molecule has 0 aliphatic carbocycles. The first-order chi connectivity index (χ1) is 9.75. The summed E-state index contributed by atoms with van der Waals surface area (Å²) < 4.78 is 37.8. The number of nitrogens with zero attached hydrogens (tertiary/aromatic N) is 1. The molecule has 1 saturated heterocycles. The summed E-state index contributed by atoms with van der Waals surface area (Å²) in [6.07, 6.45) is -6.05. The Balaban J connectivity index is 2.06. The number of carbonyl (C=O) groups excluding carboxylic acids is 1. The molecule has 1 fully saturated rings. The summed E-state index contributed by atoms with van der Waals surface area (Å²) >= 11 is 0. The van der Waals surface area contributed by atoms with Crippen LogP contribution in [0.25, 0.3) is 0 Å². The van der Waals surface area contributed by atoms with Crippen LogP contribution in [0.15, 0.2) is 24.3 Å². The average Bonchev–Trinajstić information content (AvgIpc) is 2.37. The van der Waals surface area contributed by atoms with E-state index >= 15 is 0 Å². The van der Waals surface area contributed by atoms with Crippen LogP contribution < -0.4 is 0 Å². The van der Waals surface area contributed by atoms with Gasteiger partial charge in [-0.05, 0) is 11.6 Å². The monoisotopic (exact) mass is 303 g/mol. The van der Waals surface area contributed by atoms with Gasteiger partial charge in [0.1, 0.15) is 0 Å². The van der Waals surface area contributed by atoms with Gasteiger partial charge in [0.05, 0.1) is 24.2 Å². The molecule has 1 aliphatic rings. The van der Waals surface area contributed by atoms with E-state index in [1.165, 1.54) is 17.0 Å². The molecule has 116 valence electrons. The molecule has 0 aromatic heterocycles. The Kier molecular flexibility index (Phi) is 4.53. The smallest absolute Gasteiger partial charge is 0.391 e. The van der Waals surface area contributed by atoms with Crippen LogP contribution in [0, 0.1) is 0 Å². The van der Waals surface area contributed by atoms with E-state index in [0.717, 1.165) is 12.1 Å². The highest BCUT2D eigenvalue weighted by Gasteiger charge is 2.31. The molecule has 0 spiro atoms. The fourth-order valence-corrected chi connectivity index (χ4v) is 2.39. The molecule has 0 bridgehead atoms. The maximum atomic E-state index is 12.6. The lowest BCUT2D eigenvalue weighted by atomic mass is 10.0. The largest absolute Gasteiger partial charge is 0.416 e. The second-order valence-corrected chi connectivity index (χ2v) is 5.22. The number of carbonyl (C=O) groups is 1. The number of aliphatic hydroxyl groups excluding tert-OH is 2. The van der Waals surface area contributed by atoms with Crippen LogP contribution in [-0.2, 0) is 17.4 Å². The SMILES string of the molecule is O=C(Cc1cccc(C(F)(F)F)c1)N1C[C@H](O)C[C@@H](O)C1. The van der Waals surface area contributed by atoms with Crippen LogP contribution in [0.5, 0.6) is 0 Å². The van der Waals surface area contributed by atoms with Crippen molar-refractivity contribution >= 4 is 5.91 Å². The van der Waals surface area contributed by atoms with Crippen molar-refractivity contribution in [3.63, 3.8) is 0 Å². The number of rotatable bonds is 2. The molecule has 1 aromatic rings. The minimum Gasteiger partial charge on any atom is -0.391 e. The van der Waals surface area contributed by atoms with Gasteiger partial charge in [0.25, 0.3) is 0 Å². The van der Waals surface area contributed by atoms with E-state index in [-0.39, 0.29) is 31.5 Å². The fourth-order valence-electron chi connectivity index (χ4n) is 2.39. The molecule has 1 heterocycles. The Hall–Kier alpha value is -1.60. The lowest BCUT2D eigenvalue weighted by Crippen LogP contribution is -2.48. The lowest BCUT2D eigenvalue weighted by molar-refractivity contribution is -0.138. The highest BCUT2D eigenvalue weighted by atomic mass is 19.4. The van der Waals surface area contributed by atoms with Crippen LogP contribution in [-0.4, -0.2) is 46.3 Å². The van der Waals surface area contributed by atoms with Crippen LogP contribution in [0.4, 0.5) is 13.2 Å². The van der Waals surface area contributed by atoms with Crippen LogP contribution >= 0.6 is 0 Å². The predicted octanol–water partition coefficient (Wildman–Crippen LogP) is 1.20. The van der Waals surface area contributed by atoms with Gasteiger partial charge in [-0.15, -0.1) is 0 Å². The molecular weight excluding hydrogens is 287 g/mol. The van der Waals surface area contributed by atoms with Crippen LogP contribution in [0.1, 0.15) is 17.5 Å². The van der Waals surface area contributed by atoms with Crippen LogP contribution in [0.2, 0.25) is 0 Å². The molecule has 4 nitrogen and oxygen atoms in total. The summed E-state index contributed by atoms with van der Waals surface area (Å²) in [6.45, 7) is 0.184. The quantitative estimate of drug-likeness (QED) is 0.863. The van der Waals surface area contributed by atoms with E-state index in [4.69, 9.17) is 0 Å². The molecule has 0 unspecified atom stereocenters. The average molecular weight is 303 g/mol. The van der Waals surface area contributed by atoms with E-state index in [1.807, 2.05) is 0 Å². The number of hydrogen-bond donors (Lipinski definition) is 2. The molecule has 0 saturated carbocycles. The molecule has 2 atom stereocenters. The van der Waals surface area contributed by atoms with Gasteiger partial charge < -0.3 is 15.1 Å². The summed E-state index contributed by atoms with van der Waals surface area (Å²) in [6, 6.07) is 4.59. The molecule has 7 heteroatoms. The Morgan fingerprint density at radius 2 is 1.86 bits per heavy atom. The predicted molar refractivity (Wildman–Crippen MR) is 68.4 cm³/mol. The van der Waals surface area contributed by atoms with Gasteiger partial charge >= 0.3 is 6.18 Å². The van der Waals surface area contributed by atoms with Crippen molar-refractivity contribution in [2.24, 2.45) is 0 Å². The van der Waals surface area contributed by atoms with E-state index in [9.17, 15) is 28.2 Å². The molecule has 1 aliphatic heterocycles. The highest BCUT2D eigenvalue weighted by Crippen LogP contribution is 2.29. The summed E-state index contributed by atoms with van der Waals surface area (Å²) in [5, 5.41) is 19.0. The third-order valence-corrected chi connectivity index (χ3v) is 3.37. The van der Waals surface area contributed by atoms with Gasteiger partial charge in [-0.25, -0.2) is 0 Å². The van der Waals surface area contributed by atoms with E-state index < -0.39 is 29.9 Å². The number of hydrogen-bond acceptors (Lipinski definition) is 3. The second-order valence-electron chi connectivity index (χ2n) is 5.22. The molecule has 1 amide bonds. The van der Waals surface area contributed by atoms with Crippen molar-refractivity contribution in [2.75, 3.05) is 13.1 Å². The van der Waals surface area contributed by atoms with Crippen molar-refractivity contribution in [3.05, 3.63) is 35.4 Å². The standard InChI is InChI=1S/C14H16F3NO3/c15-14(16,17)10-3-1-2-9(4-10)5-13(21)18-7-11(19)6-12(20)8-18/h1-4,11-12,19-20H,5-8H2/t11-,12-/m1/s1. The molecule has 2 rings (SSSR count). The molecular formula is C14H16F3NO3. The second kappa shape index (κ2) is 6.03. The number of aliphatic hydroxyl groups is 2. The Labute approximate surface area is 119 Å². The zero-order valence-electron chi connectivity index (χ0n) is 11.2. The number of benzene rings is 1. The molecule has 21 heavy (non-hydrogen) atoms. The summed E-state index contributed by atoms with van der Waals surface area (Å²) in [5.41, 5.74) is -0.545. The van der Waals surface area contributed by atoms with Gasteiger partial charge in [-0.1, -0.05) is 18.2 Å². The normalized spacial score (nSPS) is 23.2. The van der Waals surface area contributed by atoms with E-state index in [2.05, 4.69) is 0 Å². The van der Waals surface area contributed by atoms with Gasteiger partial charge in [-0.2, -0.15) is 13.2 Å². The highest BCUT2D eigenvalue weighted by molar-refractivity contribution is 5.79. The van der Waals surface area contributed by atoms with Gasteiger partial charge in [0.2, 0.25) is 5.91 Å². The van der Waals surface area contributed by atoms with Gasteiger partial charge in [0, 0.05) is 19.5 Å². The van der Waals surface area contributed by atoms with E-state index in [1.54, 1.807) is 0 Å². The first-order valence-electron chi connectivity index (χ1n) is 6.55. The lowest BCUT2D eigenvalue weighted by Gasteiger charge is -2.33. The minimum absolute atomic E-state index is 0.0921. The number of β-amino-alcohol motifs (C(OH)–C–C–N with tert-alkyl or cyclic N) is 2. The number of likely N-dealkylation sites (tertiary alicyclic amines) is 1. The third kappa shape index (κ3) is 4.18. The molecule has 1 aromatic carbocycles. The van der Waals surface area contributed by atoms with Crippen molar-refractivity contribution in [1.82, 2.24) is 4.90 Å². The zero-order valence-corrected chi connectivity index (χ0v) is 11.2. The molecule has 0 radical (unpaired) electrons. The summed E-state index contributed by atoms with van der Waals surface area (Å²) in [4.78, 5) is 13.3. The topological polar surface area (TPSA) is 60.8 Å². The zero-order chi connectivity index (χ0) is 15.6. The van der Waals surface area contributed by atoms with Crippen LogP contribution in [0.3, 0.4) is 0 Å².